The van der Waals surface area contributed by atoms with E-state index in [4.69, 9.17) is 10.5 Å². The molecule has 0 aliphatic heterocycles. The molecule has 0 N–H and O–H groups in total. The molecule has 4 nitrogen and oxygen atoms in total. The molecule has 0 aliphatic carbocycles. The van der Waals surface area contributed by atoms with Crippen LogP contribution < -0.4 is 0 Å². The summed E-state index contributed by atoms with van der Waals surface area (Å²) in [6.45, 7) is 0. The molecule has 3 aromatic rings. The van der Waals surface area contributed by atoms with Crippen molar-refractivity contribution in [2.75, 3.05) is 0 Å². The van der Waals surface area contributed by atoms with Gasteiger partial charge in [-0.1, -0.05) is 12.1 Å². The summed E-state index contributed by atoms with van der Waals surface area (Å²) in [5.74, 6) is 0. The summed E-state index contributed by atoms with van der Waals surface area (Å²) in [7, 11) is 0. The van der Waals surface area contributed by atoms with E-state index >= 15 is 0 Å². The van der Waals surface area contributed by atoms with Crippen LogP contribution >= 0.6 is 0 Å². The molecule has 0 aliphatic rings. The minimum atomic E-state index is 0.328. The second-order valence-corrected chi connectivity index (χ2v) is 3.82. The minimum Gasteiger partial charge on any atom is -0.244 e. The normalized spacial score (nSPS) is 10.1. The van der Waals surface area contributed by atoms with Crippen molar-refractivity contribution >= 4 is 22.1 Å². The van der Waals surface area contributed by atoms with Crippen molar-refractivity contribution in [1.29, 1.82) is 10.5 Å². The van der Waals surface area contributed by atoms with E-state index < -0.39 is 0 Å². The predicted octanol–water partition coefficient (Wildman–Crippen LogP) is 2.53. The van der Waals surface area contributed by atoms with Gasteiger partial charge in [0.2, 0.25) is 0 Å². The lowest BCUT2D eigenvalue weighted by molar-refractivity contribution is 1.37. The monoisotopic (exact) mass is 230 g/mol. The average molecular weight is 230 g/mol. The molecule has 2 aromatic carbocycles. The predicted molar refractivity (Wildman–Crippen MR) is 66.5 cm³/mol. The quantitative estimate of drug-likeness (QED) is 0.556. The molecule has 18 heavy (non-hydrogen) atoms. The highest BCUT2D eigenvalue weighted by molar-refractivity contribution is 5.87. The molecule has 82 valence electrons. The molecular weight excluding hydrogens is 224 g/mol. The Morgan fingerprint density at radius 3 is 1.56 bits per heavy atom. The second kappa shape index (κ2) is 3.80. The maximum Gasteiger partial charge on any atom is 0.101 e. The molecule has 4 heteroatoms. The zero-order valence-corrected chi connectivity index (χ0v) is 9.25. The van der Waals surface area contributed by atoms with Crippen LogP contribution in [-0.4, -0.2) is 9.97 Å². The summed E-state index contributed by atoms with van der Waals surface area (Å²) < 4.78 is 0. The average Bonchev–Trinajstić information content (AvgIpc) is 2.43. The lowest BCUT2D eigenvalue weighted by Gasteiger charge is -2.02. The number of nitriles is 2. The smallest absolute Gasteiger partial charge is 0.101 e. The first-order valence-electron chi connectivity index (χ1n) is 5.32. The van der Waals surface area contributed by atoms with Gasteiger partial charge >= 0.3 is 0 Å². The highest BCUT2D eigenvalue weighted by Crippen LogP contribution is 2.19. The molecule has 0 saturated heterocycles. The Morgan fingerprint density at radius 1 is 0.722 bits per heavy atom. The maximum atomic E-state index is 8.97. The third-order valence-electron chi connectivity index (χ3n) is 2.72. The summed E-state index contributed by atoms with van der Waals surface area (Å²) in [5.41, 5.74) is 3.47. The number of aromatic nitrogens is 2. The third-order valence-corrected chi connectivity index (χ3v) is 2.72. The first-order valence-corrected chi connectivity index (χ1v) is 5.32. The van der Waals surface area contributed by atoms with E-state index in [0.29, 0.717) is 22.2 Å². The number of fused-ring (bicyclic) bond motifs is 2. The van der Waals surface area contributed by atoms with E-state index in [1.165, 1.54) is 0 Å². The summed E-state index contributed by atoms with van der Waals surface area (Å²) in [6, 6.07) is 14.7. The Labute approximate surface area is 103 Å². The minimum absolute atomic E-state index is 0.328. The number of benzene rings is 2. The van der Waals surface area contributed by atoms with Gasteiger partial charge in [-0.25, -0.2) is 9.97 Å². The van der Waals surface area contributed by atoms with Crippen LogP contribution in [0.15, 0.2) is 36.4 Å². The van der Waals surface area contributed by atoms with Crippen molar-refractivity contribution in [3.63, 3.8) is 0 Å². The Hall–Kier alpha value is -2.98. The van der Waals surface area contributed by atoms with Crippen LogP contribution in [0.25, 0.3) is 22.1 Å². The van der Waals surface area contributed by atoms with Crippen LogP contribution in [-0.2, 0) is 0 Å². The van der Waals surface area contributed by atoms with Gasteiger partial charge < -0.3 is 0 Å². The van der Waals surface area contributed by atoms with Gasteiger partial charge in [0.25, 0.3) is 0 Å². The Kier molecular flexibility index (Phi) is 2.15. The summed E-state index contributed by atoms with van der Waals surface area (Å²) in [4.78, 5) is 8.88. The van der Waals surface area contributed by atoms with Gasteiger partial charge in [-0.05, 0) is 24.3 Å². The van der Waals surface area contributed by atoms with Gasteiger partial charge in [0.05, 0.1) is 33.2 Å². The van der Waals surface area contributed by atoms with Crippen LogP contribution in [0.3, 0.4) is 0 Å². The summed E-state index contributed by atoms with van der Waals surface area (Å²) in [5, 5.41) is 17.9. The number of nitrogens with zero attached hydrogens (tertiary/aromatic N) is 4. The molecule has 0 radical (unpaired) electrons. The fraction of sp³-hybridized carbons (Fsp3) is 0. The Morgan fingerprint density at radius 2 is 1.17 bits per heavy atom. The Balaban J connectivity index is 2.45. The van der Waals surface area contributed by atoms with Gasteiger partial charge in [-0.2, -0.15) is 10.5 Å². The van der Waals surface area contributed by atoms with Crippen LogP contribution in [0.4, 0.5) is 0 Å². The van der Waals surface area contributed by atoms with Crippen LogP contribution in [0.2, 0.25) is 0 Å². The van der Waals surface area contributed by atoms with Gasteiger partial charge in [0, 0.05) is 0 Å². The summed E-state index contributed by atoms with van der Waals surface area (Å²) >= 11 is 0. The molecule has 1 heterocycles. The highest BCUT2D eigenvalue weighted by atomic mass is 14.8. The van der Waals surface area contributed by atoms with Gasteiger partial charge in [0.1, 0.15) is 12.1 Å². The first-order chi connectivity index (χ1) is 8.81. The zero-order chi connectivity index (χ0) is 12.5. The molecule has 3 rings (SSSR count). The molecule has 0 unspecified atom stereocenters. The van der Waals surface area contributed by atoms with Crippen molar-refractivity contribution in [1.82, 2.24) is 9.97 Å². The van der Waals surface area contributed by atoms with Gasteiger partial charge in [-0.15, -0.1) is 0 Å². The molecule has 0 bridgehead atoms. The zero-order valence-electron chi connectivity index (χ0n) is 9.25. The van der Waals surface area contributed by atoms with Crippen LogP contribution in [0.1, 0.15) is 11.1 Å². The fourth-order valence-corrected chi connectivity index (χ4v) is 1.85. The van der Waals surface area contributed by atoms with E-state index in [1.807, 2.05) is 36.4 Å². The number of hydrogen-bond acceptors (Lipinski definition) is 4. The highest BCUT2D eigenvalue weighted by Gasteiger charge is 2.07. The SMILES string of the molecule is N#Cc1cc2nc3ccccc3nc2cc1C#N. The van der Waals surface area contributed by atoms with Crippen LogP contribution in [0.5, 0.6) is 0 Å². The first kappa shape index (κ1) is 10.2. The largest absolute Gasteiger partial charge is 0.244 e. The molecular formula is C14H6N4. The third kappa shape index (κ3) is 1.45. The van der Waals surface area contributed by atoms with Crippen molar-refractivity contribution < 1.29 is 0 Å². The standard InChI is InChI=1S/C14H6N4/c15-7-9-5-13-14(6-10(9)8-16)18-12-4-2-1-3-11(12)17-13/h1-6H. The number of para-hydroxylation sites is 2. The van der Waals surface area contributed by atoms with E-state index in [1.54, 1.807) is 12.1 Å². The fourth-order valence-electron chi connectivity index (χ4n) is 1.85. The molecule has 1 aromatic heterocycles. The van der Waals surface area contributed by atoms with Crippen molar-refractivity contribution in [2.24, 2.45) is 0 Å². The van der Waals surface area contributed by atoms with Crippen LogP contribution in [0, 0.1) is 22.7 Å². The van der Waals surface area contributed by atoms with Crippen molar-refractivity contribution in [2.45, 2.75) is 0 Å². The van der Waals surface area contributed by atoms with E-state index in [9.17, 15) is 0 Å². The van der Waals surface area contributed by atoms with E-state index in [0.717, 1.165) is 11.0 Å². The number of rotatable bonds is 0. The lowest BCUT2D eigenvalue weighted by atomic mass is 10.1. The van der Waals surface area contributed by atoms with Gasteiger partial charge in [-0.3, -0.25) is 0 Å². The van der Waals surface area contributed by atoms with E-state index in [2.05, 4.69) is 9.97 Å². The molecule has 0 saturated carbocycles. The number of hydrogen-bond donors (Lipinski definition) is 0. The molecule has 0 amide bonds. The second-order valence-electron chi connectivity index (χ2n) is 3.82. The van der Waals surface area contributed by atoms with Gasteiger partial charge in [0.15, 0.2) is 0 Å². The van der Waals surface area contributed by atoms with Crippen molar-refractivity contribution in [3.8, 4) is 12.1 Å². The van der Waals surface area contributed by atoms with Crippen molar-refractivity contribution in [3.05, 3.63) is 47.5 Å². The Bertz CT molecular complexity index is 781. The maximum absolute atomic E-state index is 8.97. The molecule has 0 spiro atoms. The molecule has 0 atom stereocenters. The molecule has 0 fully saturated rings. The summed E-state index contributed by atoms with van der Waals surface area (Å²) in [6.07, 6.45) is 0. The lowest BCUT2D eigenvalue weighted by Crippen LogP contribution is -1.91. The van der Waals surface area contributed by atoms with E-state index in [-0.39, 0.29) is 0 Å². The topological polar surface area (TPSA) is 73.4 Å².